The molecule has 1 saturated carbocycles. The van der Waals surface area contributed by atoms with E-state index in [-0.39, 0.29) is 23.6 Å². The van der Waals surface area contributed by atoms with Crippen molar-refractivity contribution < 1.29 is 9.18 Å². The zero-order valence-electron chi connectivity index (χ0n) is 11.3. The summed E-state index contributed by atoms with van der Waals surface area (Å²) in [5.41, 5.74) is 6.50. The summed E-state index contributed by atoms with van der Waals surface area (Å²) in [6.07, 6.45) is 5.48. The molecule has 0 heterocycles. The van der Waals surface area contributed by atoms with Gasteiger partial charge in [-0.3, -0.25) is 4.79 Å². The fourth-order valence-corrected chi connectivity index (χ4v) is 2.51. The first-order valence-corrected chi connectivity index (χ1v) is 6.94. The molecule has 0 aromatic heterocycles. The van der Waals surface area contributed by atoms with Gasteiger partial charge in [-0.25, -0.2) is 4.39 Å². The van der Waals surface area contributed by atoms with Crippen LogP contribution in [0.15, 0.2) is 18.2 Å². The van der Waals surface area contributed by atoms with E-state index in [1.807, 2.05) is 0 Å². The molecule has 0 unspecified atom stereocenters. The molecule has 1 aromatic rings. The average Bonchev–Trinajstić information content (AvgIpc) is 2.39. The molecule has 2 rings (SSSR count). The summed E-state index contributed by atoms with van der Waals surface area (Å²) in [6.45, 7) is 1.79. The lowest BCUT2D eigenvalue weighted by atomic mass is 9.95. The Labute approximate surface area is 113 Å². The summed E-state index contributed by atoms with van der Waals surface area (Å²) in [5, 5.41) is 2.91. The van der Waals surface area contributed by atoms with Crippen LogP contribution < -0.4 is 11.1 Å². The van der Waals surface area contributed by atoms with Crippen LogP contribution in [0.5, 0.6) is 0 Å². The van der Waals surface area contributed by atoms with E-state index in [1.54, 1.807) is 13.0 Å². The van der Waals surface area contributed by atoms with Gasteiger partial charge in [0, 0.05) is 12.1 Å². The standard InChI is InChI=1S/C15H21FN2O/c1-10(17)11-7-8-13(14(16)9-11)15(19)18-12-5-3-2-4-6-12/h7-10,12H,2-6,17H2,1H3,(H,18,19)/t10-/m0/s1. The van der Waals surface area contributed by atoms with Crippen LogP contribution in [0.2, 0.25) is 0 Å². The predicted octanol–water partition coefficient (Wildman–Crippen LogP) is 2.91. The number of nitrogens with one attached hydrogen (secondary N) is 1. The number of benzene rings is 1. The smallest absolute Gasteiger partial charge is 0.254 e. The predicted molar refractivity (Wildman–Crippen MR) is 73.3 cm³/mol. The van der Waals surface area contributed by atoms with Crippen molar-refractivity contribution in [2.75, 3.05) is 0 Å². The third-order valence-corrected chi connectivity index (χ3v) is 3.70. The van der Waals surface area contributed by atoms with Gasteiger partial charge in [-0.2, -0.15) is 0 Å². The summed E-state index contributed by atoms with van der Waals surface area (Å²) in [4.78, 5) is 12.0. The Balaban J connectivity index is 2.06. The van der Waals surface area contributed by atoms with Crippen molar-refractivity contribution in [2.24, 2.45) is 5.73 Å². The molecule has 104 valence electrons. The Morgan fingerprint density at radius 1 is 1.37 bits per heavy atom. The van der Waals surface area contributed by atoms with E-state index < -0.39 is 5.82 Å². The van der Waals surface area contributed by atoms with E-state index in [0.717, 1.165) is 25.7 Å². The SMILES string of the molecule is C[C@H](N)c1ccc(C(=O)NC2CCCCC2)c(F)c1. The minimum absolute atomic E-state index is 0.106. The topological polar surface area (TPSA) is 55.1 Å². The van der Waals surface area contributed by atoms with E-state index in [9.17, 15) is 9.18 Å². The van der Waals surface area contributed by atoms with E-state index in [1.165, 1.54) is 18.6 Å². The number of hydrogen-bond donors (Lipinski definition) is 2. The second kappa shape index (κ2) is 6.15. The van der Waals surface area contributed by atoms with Gasteiger partial charge in [-0.15, -0.1) is 0 Å². The molecule has 1 aromatic carbocycles. The molecule has 3 N–H and O–H groups in total. The van der Waals surface area contributed by atoms with E-state index in [2.05, 4.69) is 5.32 Å². The summed E-state index contributed by atoms with van der Waals surface area (Å²) in [6, 6.07) is 4.54. The van der Waals surface area contributed by atoms with Crippen LogP contribution in [0.4, 0.5) is 4.39 Å². The van der Waals surface area contributed by atoms with Gasteiger partial charge in [0.15, 0.2) is 0 Å². The van der Waals surface area contributed by atoms with E-state index in [4.69, 9.17) is 5.73 Å². The summed E-state index contributed by atoms with van der Waals surface area (Å²) < 4.78 is 13.9. The summed E-state index contributed by atoms with van der Waals surface area (Å²) >= 11 is 0. The number of rotatable bonds is 3. The van der Waals surface area contributed by atoms with Crippen molar-refractivity contribution >= 4 is 5.91 Å². The van der Waals surface area contributed by atoms with Crippen LogP contribution in [-0.2, 0) is 0 Å². The Bertz CT molecular complexity index is 453. The lowest BCUT2D eigenvalue weighted by molar-refractivity contribution is 0.0923. The highest BCUT2D eigenvalue weighted by Gasteiger charge is 2.19. The largest absolute Gasteiger partial charge is 0.349 e. The molecule has 1 fully saturated rings. The van der Waals surface area contributed by atoms with Gasteiger partial charge in [0.05, 0.1) is 5.56 Å². The molecule has 0 saturated heterocycles. The third kappa shape index (κ3) is 3.53. The van der Waals surface area contributed by atoms with Crippen molar-refractivity contribution in [3.8, 4) is 0 Å². The maximum Gasteiger partial charge on any atom is 0.254 e. The second-order valence-electron chi connectivity index (χ2n) is 5.34. The molecule has 1 atom stereocenters. The number of halogens is 1. The van der Waals surface area contributed by atoms with Gasteiger partial charge in [-0.05, 0) is 37.5 Å². The van der Waals surface area contributed by atoms with Gasteiger partial charge < -0.3 is 11.1 Å². The molecule has 4 heteroatoms. The fourth-order valence-electron chi connectivity index (χ4n) is 2.51. The summed E-state index contributed by atoms with van der Waals surface area (Å²) in [7, 11) is 0. The molecule has 0 spiro atoms. The Morgan fingerprint density at radius 2 is 2.05 bits per heavy atom. The number of carbonyl (C=O) groups excluding carboxylic acids is 1. The van der Waals surface area contributed by atoms with Crippen molar-refractivity contribution in [1.29, 1.82) is 0 Å². The molecule has 3 nitrogen and oxygen atoms in total. The lowest BCUT2D eigenvalue weighted by Gasteiger charge is -2.23. The molecular weight excluding hydrogens is 243 g/mol. The van der Waals surface area contributed by atoms with Gasteiger partial charge in [0.25, 0.3) is 5.91 Å². The maximum atomic E-state index is 13.9. The highest BCUT2D eigenvalue weighted by molar-refractivity contribution is 5.94. The minimum Gasteiger partial charge on any atom is -0.349 e. The van der Waals surface area contributed by atoms with Crippen LogP contribution in [0.25, 0.3) is 0 Å². The molecule has 19 heavy (non-hydrogen) atoms. The van der Waals surface area contributed by atoms with Crippen molar-refractivity contribution in [2.45, 2.75) is 51.1 Å². The number of carbonyl (C=O) groups is 1. The number of amides is 1. The average molecular weight is 264 g/mol. The van der Waals surface area contributed by atoms with Crippen LogP contribution in [0, 0.1) is 5.82 Å². The highest BCUT2D eigenvalue weighted by Crippen LogP contribution is 2.19. The van der Waals surface area contributed by atoms with Crippen LogP contribution in [-0.4, -0.2) is 11.9 Å². The van der Waals surface area contributed by atoms with Gasteiger partial charge in [0.1, 0.15) is 5.82 Å². The first-order valence-electron chi connectivity index (χ1n) is 6.94. The first-order chi connectivity index (χ1) is 9.08. The molecule has 0 aliphatic heterocycles. The van der Waals surface area contributed by atoms with Gasteiger partial charge in [-0.1, -0.05) is 25.3 Å². The molecule has 1 aliphatic carbocycles. The Hall–Kier alpha value is -1.42. The number of hydrogen-bond acceptors (Lipinski definition) is 2. The molecule has 1 amide bonds. The van der Waals surface area contributed by atoms with E-state index >= 15 is 0 Å². The zero-order chi connectivity index (χ0) is 13.8. The summed E-state index contributed by atoms with van der Waals surface area (Å²) in [5.74, 6) is -0.816. The van der Waals surface area contributed by atoms with Crippen molar-refractivity contribution in [3.63, 3.8) is 0 Å². The first kappa shape index (κ1) is 14.0. The molecule has 1 aliphatic rings. The molecule has 0 radical (unpaired) electrons. The van der Waals surface area contributed by atoms with Crippen LogP contribution >= 0.6 is 0 Å². The lowest BCUT2D eigenvalue weighted by Crippen LogP contribution is -2.36. The monoisotopic (exact) mass is 264 g/mol. The Morgan fingerprint density at radius 3 is 2.63 bits per heavy atom. The zero-order valence-corrected chi connectivity index (χ0v) is 11.3. The minimum atomic E-state index is -0.497. The molecule has 0 bridgehead atoms. The quantitative estimate of drug-likeness (QED) is 0.882. The highest BCUT2D eigenvalue weighted by atomic mass is 19.1. The molecular formula is C15H21FN2O. The van der Waals surface area contributed by atoms with Crippen LogP contribution in [0.3, 0.4) is 0 Å². The normalized spacial score (nSPS) is 18.1. The van der Waals surface area contributed by atoms with E-state index in [0.29, 0.717) is 5.56 Å². The second-order valence-corrected chi connectivity index (χ2v) is 5.34. The van der Waals surface area contributed by atoms with Crippen molar-refractivity contribution in [1.82, 2.24) is 5.32 Å². The van der Waals surface area contributed by atoms with Gasteiger partial charge >= 0.3 is 0 Å². The fraction of sp³-hybridized carbons (Fsp3) is 0.533. The maximum absolute atomic E-state index is 13.9. The third-order valence-electron chi connectivity index (χ3n) is 3.70. The van der Waals surface area contributed by atoms with Crippen molar-refractivity contribution in [3.05, 3.63) is 35.1 Å². The van der Waals surface area contributed by atoms with Gasteiger partial charge in [0.2, 0.25) is 0 Å². The number of nitrogens with two attached hydrogens (primary N) is 1. The Kier molecular flexibility index (Phi) is 4.53. The van der Waals surface area contributed by atoms with Crippen LogP contribution in [0.1, 0.15) is 61.0 Å².